The summed E-state index contributed by atoms with van der Waals surface area (Å²) >= 11 is 1.56. The van der Waals surface area contributed by atoms with Gasteiger partial charge in [-0.3, -0.25) is 4.90 Å². The first-order valence-corrected chi connectivity index (χ1v) is 8.04. The SMILES string of the molecule is CNc1cc(NCC(C)N2CCCC2)nc(SC)n1. The van der Waals surface area contributed by atoms with Gasteiger partial charge < -0.3 is 10.6 Å². The molecule has 2 N–H and O–H groups in total. The van der Waals surface area contributed by atoms with Gasteiger partial charge in [-0.2, -0.15) is 0 Å². The predicted molar refractivity (Wildman–Crippen MR) is 82.1 cm³/mol. The van der Waals surface area contributed by atoms with E-state index in [1.165, 1.54) is 25.9 Å². The van der Waals surface area contributed by atoms with E-state index < -0.39 is 0 Å². The van der Waals surface area contributed by atoms with E-state index in [1.54, 1.807) is 11.8 Å². The molecule has 2 heterocycles. The third-order valence-electron chi connectivity index (χ3n) is 3.49. The molecule has 1 saturated heterocycles. The van der Waals surface area contributed by atoms with Crippen molar-refractivity contribution in [3.05, 3.63) is 6.07 Å². The monoisotopic (exact) mass is 281 g/mol. The number of hydrogen-bond acceptors (Lipinski definition) is 6. The predicted octanol–water partition coefficient (Wildman–Crippen LogP) is 2.14. The number of nitrogens with zero attached hydrogens (tertiary/aromatic N) is 3. The van der Waals surface area contributed by atoms with Crippen molar-refractivity contribution < 1.29 is 0 Å². The molecule has 6 heteroatoms. The van der Waals surface area contributed by atoms with Crippen LogP contribution in [0.5, 0.6) is 0 Å². The first-order chi connectivity index (χ1) is 9.22. The molecular weight excluding hydrogens is 258 g/mol. The Morgan fingerprint density at radius 1 is 1.32 bits per heavy atom. The summed E-state index contributed by atoms with van der Waals surface area (Å²) in [6, 6.07) is 2.50. The van der Waals surface area contributed by atoms with Crippen molar-refractivity contribution in [1.82, 2.24) is 14.9 Å². The lowest BCUT2D eigenvalue weighted by atomic mass is 10.3. The zero-order valence-electron chi connectivity index (χ0n) is 11.9. The van der Waals surface area contributed by atoms with E-state index in [1.807, 2.05) is 19.4 Å². The Kier molecular flexibility index (Phi) is 5.27. The number of likely N-dealkylation sites (tertiary alicyclic amines) is 1. The summed E-state index contributed by atoms with van der Waals surface area (Å²) in [6.07, 6.45) is 4.65. The van der Waals surface area contributed by atoms with Crippen LogP contribution in [0.2, 0.25) is 0 Å². The molecule has 0 spiro atoms. The second-order valence-electron chi connectivity index (χ2n) is 4.85. The van der Waals surface area contributed by atoms with Crippen molar-refractivity contribution in [2.24, 2.45) is 0 Å². The Hall–Kier alpha value is -1.01. The Morgan fingerprint density at radius 3 is 2.63 bits per heavy atom. The van der Waals surface area contributed by atoms with Gasteiger partial charge in [0.1, 0.15) is 11.6 Å². The summed E-state index contributed by atoms with van der Waals surface area (Å²) in [5.74, 6) is 1.76. The van der Waals surface area contributed by atoms with Crippen molar-refractivity contribution in [3.8, 4) is 0 Å². The Labute approximate surface area is 119 Å². The highest BCUT2D eigenvalue weighted by molar-refractivity contribution is 7.98. The molecule has 1 aliphatic rings. The maximum absolute atomic E-state index is 4.48. The minimum absolute atomic E-state index is 0.549. The summed E-state index contributed by atoms with van der Waals surface area (Å²) in [7, 11) is 1.88. The first kappa shape index (κ1) is 14.4. The molecule has 1 unspecified atom stereocenters. The summed E-state index contributed by atoms with van der Waals surface area (Å²) in [6.45, 7) is 5.65. The molecule has 0 saturated carbocycles. The number of aromatic nitrogens is 2. The average molecular weight is 281 g/mol. The second-order valence-corrected chi connectivity index (χ2v) is 5.62. The Morgan fingerprint density at radius 2 is 2.00 bits per heavy atom. The van der Waals surface area contributed by atoms with E-state index >= 15 is 0 Å². The molecule has 1 aromatic rings. The molecule has 0 radical (unpaired) electrons. The van der Waals surface area contributed by atoms with Crippen LogP contribution in [0.1, 0.15) is 19.8 Å². The standard InChI is InChI=1S/C13H23N5S/c1-10(18-6-4-5-7-18)9-15-12-8-11(14-2)16-13(17-12)19-3/h8,10H,4-7,9H2,1-3H3,(H2,14,15,16,17). The third kappa shape index (κ3) is 3.98. The van der Waals surface area contributed by atoms with Gasteiger partial charge in [-0.25, -0.2) is 9.97 Å². The zero-order valence-corrected chi connectivity index (χ0v) is 12.8. The van der Waals surface area contributed by atoms with E-state index in [9.17, 15) is 0 Å². The second kappa shape index (κ2) is 6.96. The fourth-order valence-electron chi connectivity index (χ4n) is 2.30. The summed E-state index contributed by atoms with van der Waals surface area (Å²) in [5.41, 5.74) is 0. The van der Waals surface area contributed by atoms with Crippen LogP contribution >= 0.6 is 11.8 Å². The Balaban J connectivity index is 1.94. The zero-order chi connectivity index (χ0) is 13.7. The van der Waals surface area contributed by atoms with E-state index in [-0.39, 0.29) is 0 Å². The van der Waals surface area contributed by atoms with Crippen LogP contribution in [-0.2, 0) is 0 Å². The van der Waals surface area contributed by atoms with Crippen LogP contribution in [0.25, 0.3) is 0 Å². The highest BCUT2D eigenvalue weighted by Gasteiger charge is 2.17. The molecule has 2 rings (SSSR count). The van der Waals surface area contributed by atoms with E-state index in [0.29, 0.717) is 6.04 Å². The molecule has 0 aromatic carbocycles. The van der Waals surface area contributed by atoms with Crippen LogP contribution in [0.4, 0.5) is 11.6 Å². The van der Waals surface area contributed by atoms with Gasteiger partial charge in [0, 0.05) is 25.7 Å². The summed E-state index contributed by atoms with van der Waals surface area (Å²) in [4.78, 5) is 11.4. The molecule has 0 amide bonds. The van der Waals surface area contributed by atoms with E-state index in [4.69, 9.17) is 0 Å². The van der Waals surface area contributed by atoms with Gasteiger partial charge in [-0.1, -0.05) is 11.8 Å². The third-order valence-corrected chi connectivity index (χ3v) is 4.03. The molecule has 0 bridgehead atoms. The number of rotatable bonds is 6. The lowest BCUT2D eigenvalue weighted by Crippen LogP contribution is -2.35. The molecule has 1 aromatic heterocycles. The van der Waals surface area contributed by atoms with Gasteiger partial charge in [0.2, 0.25) is 0 Å². The van der Waals surface area contributed by atoms with Gasteiger partial charge >= 0.3 is 0 Å². The summed E-state index contributed by atoms with van der Waals surface area (Å²) < 4.78 is 0. The van der Waals surface area contributed by atoms with Crippen LogP contribution in [0.3, 0.4) is 0 Å². The molecule has 1 aliphatic heterocycles. The number of nitrogens with one attached hydrogen (secondary N) is 2. The minimum atomic E-state index is 0.549. The van der Waals surface area contributed by atoms with Gasteiger partial charge in [0.15, 0.2) is 5.16 Å². The minimum Gasteiger partial charge on any atom is -0.373 e. The van der Waals surface area contributed by atoms with E-state index in [0.717, 1.165) is 23.3 Å². The lowest BCUT2D eigenvalue weighted by molar-refractivity contribution is 0.269. The molecule has 106 valence electrons. The highest BCUT2D eigenvalue weighted by atomic mass is 32.2. The van der Waals surface area contributed by atoms with Crippen molar-refractivity contribution in [3.63, 3.8) is 0 Å². The topological polar surface area (TPSA) is 53.1 Å². The fraction of sp³-hybridized carbons (Fsp3) is 0.692. The average Bonchev–Trinajstić information content (AvgIpc) is 2.98. The normalized spacial score (nSPS) is 17.4. The number of thioether (sulfide) groups is 1. The fourth-order valence-corrected chi connectivity index (χ4v) is 2.68. The first-order valence-electron chi connectivity index (χ1n) is 6.81. The van der Waals surface area contributed by atoms with Crippen LogP contribution < -0.4 is 10.6 Å². The molecule has 1 fully saturated rings. The number of anilines is 2. The van der Waals surface area contributed by atoms with Gasteiger partial charge in [-0.15, -0.1) is 0 Å². The lowest BCUT2D eigenvalue weighted by Gasteiger charge is -2.24. The van der Waals surface area contributed by atoms with Crippen molar-refractivity contribution in [2.45, 2.75) is 31.0 Å². The smallest absolute Gasteiger partial charge is 0.191 e. The molecule has 0 aliphatic carbocycles. The largest absolute Gasteiger partial charge is 0.373 e. The van der Waals surface area contributed by atoms with Crippen molar-refractivity contribution >= 4 is 23.4 Å². The number of hydrogen-bond donors (Lipinski definition) is 2. The molecule has 1 atom stereocenters. The molecular formula is C13H23N5S. The van der Waals surface area contributed by atoms with Gasteiger partial charge in [0.05, 0.1) is 0 Å². The van der Waals surface area contributed by atoms with E-state index in [2.05, 4.69) is 32.4 Å². The van der Waals surface area contributed by atoms with Crippen LogP contribution in [-0.4, -0.2) is 53.8 Å². The quantitative estimate of drug-likeness (QED) is 0.615. The van der Waals surface area contributed by atoms with Crippen molar-refractivity contribution in [1.29, 1.82) is 0 Å². The maximum atomic E-state index is 4.48. The maximum Gasteiger partial charge on any atom is 0.191 e. The van der Waals surface area contributed by atoms with Crippen molar-refractivity contribution in [2.75, 3.05) is 43.6 Å². The Bertz CT molecular complexity index is 384. The van der Waals surface area contributed by atoms with Crippen LogP contribution in [0, 0.1) is 0 Å². The van der Waals surface area contributed by atoms with Gasteiger partial charge in [-0.05, 0) is 39.1 Å². The van der Waals surface area contributed by atoms with Gasteiger partial charge in [0.25, 0.3) is 0 Å². The summed E-state index contributed by atoms with van der Waals surface area (Å²) in [5, 5.41) is 7.29. The molecule has 19 heavy (non-hydrogen) atoms. The van der Waals surface area contributed by atoms with Crippen LogP contribution in [0.15, 0.2) is 11.2 Å². The highest BCUT2D eigenvalue weighted by Crippen LogP contribution is 2.17. The molecule has 5 nitrogen and oxygen atoms in total.